The number of rotatable bonds is 4. The minimum Gasteiger partial charge on any atom is -0.352 e. The van der Waals surface area contributed by atoms with Crippen molar-refractivity contribution in [3.05, 3.63) is 0 Å². The molecule has 0 aromatic heterocycles. The van der Waals surface area contributed by atoms with Gasteiger partial charge in [0.2, 0.25) is 5.91 Å². The zero-order chi connectivity index (χ0) is 13.1. The molecule has 0 aromatic rings. The zero-order valence-electron chi connectivity index (χ0n) is 10.5. The number of carbonyl (C=O) groups excluding carboxylic acids is 1. The number of amides is 1. The van der Waals surface area contributed by atoms with Gasteiger partial charge in [-0.1, -0.05) is 0 Å². The molecule has 1 unspecified atom stereocenters. The lowest BCUT2D eigenvalue weighted by atomic mass is 9.86. The van der Waals surface area contributed by atoms with Crippen LogP contribution in [0.25, 0.3) is 0 Å². The van der Waals surface area contributed by atoms with Gasteiger partial charge in [-0.15, -0.1) is 0 Å². The monoisotopic (exact) mass is 262 g/mol. The predicted molar refractivity (Wildman–Crippen MR) is 67.2 cm³/mol. The molecule has 0 bridgehead atoms. The first kappa shape index (κ1) is 14.4. The van der Waals surface area contributed by atoms with Crippen LogP contribution in [0.3, 0.4) is 0 Å². The first-order valence-corrected chi connectivity index (χ1v) is 8.07. The molecule has 0 radical (unpaired) electrons. The normalized spacial score (nSPS) is 27.5. The second-order valence-electron chi connectivity index (χ2n) is 5.11. The number of nitrogens with one attached hydrogen (secondary N) is 1. The summed E-state index contributed by atoms with van der Waals surface area (Å²) >= 11 is 0. The Labute approximate surface area is 103 Å². The Morgan fingerprint density at radius 2 is 1.88 bits per heavy atom. The highest BCUT2D eigenvalue weighted by atomic mass is 32.2. The van der Waals surface area contributed by atoms with E-state index in [1.807, 2.05) is 0 Å². The van der Waals surface area contributed by atoms with Gasteiger partial charge in [0.25, 0.3) is 0 Å². The van der Waals surface area contributed by atoms with E-state index in [4.69, 9.17) is 5.73 Å². The summed E-state index contributed by atoms with van der Waals surface area (Å²) in [6, 6.07) is -0.111. The zero-order valence-corrected chi connectivity index (χ0v) is 11.3. The van der Waals surface area contributed by atoms with Gasteiger partial charge >= 0.3 is 0 Å². The van der Waals surface area contributed by atoms with Crippen molar-refractivity contribution in [3.63, 3.8) is 0 Å². The predicted octanol–water partition coefficient (Wildman–Crippen LogP) is 0.0532. The van der Waals surface area contributed by atoms with Gasteiger partial charge in [0.05, 0.1) is 5.75 Å². The third-order valence-electron chi connectivity index (χ3n) is 3.08. The molecule has 1 saturated carbocycles. The number of hydrogen-bond donors (Lipinski definition) is 2. The van der Waals surface area contributed by atoms with Gasteiger partial charge in [0, 0.05) is 24.3 Å². The Balaban J connectivity index is 2.39. The molecule has 5 nitrogen and oxygen atoms in total. The minimum absolute atomic E-state index is 0.00295. The molecular weight excluding hydrogens is 240 g/mol. The average molecular weight is 262 g/mol. The fourth-order valence-electron chi connectivity index (χ4n) is 2.24. The van der Waals surface area contributed by atoms with Crippen molar-refractivity contribution >= 4 is 15.7 Å². The number of nitrogens with two attached hydrogens (primary N) is 1. The summed E-state index contributed by atoms with van der Waals surface area (Å²) in [7, 11) is -3.04. The molecule has 17 heavy (non-hydrogen) atoms. The summed E-state index contributed by atoms with van der Waals surface area (Å²) in [5.41, 5.74) is 5.77. The fourth-order valence-corrected chi connectivity index (χ4v) is 3.23. The Bertz CT molecular complexity index is 359. The highest BCUT2D eigenvalue weighted by molar-refractivity contribution is 7.90. The molecule has 0 spiro atoms. The molecule has 100 valence electrons. The molecule has 1 aliphatic carbocycles. The Kier molecular flexibility index (Phi) is 4.94. The minimum atomic E-state index is -3.04. The van der Waals surface area contributed by atoms with E-state index >= 15 is 0 Å². The summed E-state index contributed by atoms with van der Waals surface area (Å²) in [5.74, 6) is -0.0461. The Morgan fingerprint density at radius 3 is 2.35 bits per heavy atom. The molecule has 0 saturated heterocycles. The van der Waals surface area contributed by atoms with Crippen LogP contribution in [0.15, 0.2) is 0 Å². The van der Waals surface area contributed by atoms with E-state index in [-0.39, 0.29) is 29.7 Å². The second-order valence-corrected chi connectivity index (χ2v) is 7.30. The van der Waals surface area contributed by atoms with E-state index in [1.54, 1.807) is 6.92 Å². The van der Waals surface area contributed by atoms with E-state index in [0.717, 1.165) is 25.7 Å². The van der Waals surface area contributed by atoms with Crippen molar-refractivity contribution in [1.29, 1.82) is 0 Å². The summed E-state index contributed by atoms with van der Waals surface area (Å²) in [5, 5.41) is 2.76. The number of hydrogen-bond acceptors (Lipinski definition) is 4. The van der Waals surface area contributed by atoms with Crippen LogP contribution in [0.4, 0.5) is 0 Å². The Morgan fingerprint density at radius 1 is 1.35 bits per heavy atom. The van der Waals surface area contributed by atoms with Crippen LogP contribution in [0, 0.1) is 5.92 Å². The van der Waals surface area contributed by atoms with Gasteiger partial charge in [-0.05, 0) is 32.6 Å². The van der Waals surface area contributed by atoms with Crippen LogP contribution in [0.1, 0.15) is 32.6 Å². The van der Waals surface area contributed by atoms with Crippen LogP contribution in [0.2, 0.25) is 0 Å². The van der Waals surface area contributed by atoms with Gasteiger partial charge < -0.3 is 11.1 Å². The SMILES string of the molecule is CC(CS(C)(=O)=O)NC(=O)C1CCC(N)CC1. The van der Waals surface area contributed by atoms with Gasteiger partial charge in [-0.3, -0.25) is 4.79 Å². The maximum absolute atomic E-state index is 11.9. The number of carbonyl (C=O) groups is 1. The fraction of sp³-hybridized carbons (Fsp3) is 0.909. The first-order valence-electron chi connectivity index (χ1n) is 6.01. The molecule has 0 aliphatic heterocycles. The molecule has 1 rings (SSSR count). The van der Waals surface area contributed by atoms with Crippen molar-refractivity contribution in [2.24, 2.45) is 11.7 Å². The van der Waals surface area contributed by atoms with Crippen LogP contribution in [-0.4, -0.2) is 38.4 Å². The lowest BCUT2D eigenvalue weighted by Crippen LogP contribution is -2.42. The van der Waals surface area contributed by atoms with Crippen molar-refractivity contribution in [1.82, 2.24) is 5.32 Å². The molecule has 3 N–H and O–H groups in total. The van der Waals surface area contributed by atoms with Gasteiger partial charge in [0.15, 0.2) is 0 Å². The molecule has 1 fully saturated rings. The van der Waals surface area contributed by atoms with E-state index in [0.29, 0.717) is 0 Å². The summed E-state index contributed by atoms with van der Waals surface area (Å²) < 4.78 is 22.1. The average Bonchev–Trinajstić information content (AvgIpc) is 2.15. The lowest BCUT2D eigenvalue weighted by molar-refractivity contribution is -0.126. The van der Waals surface area contributed by atoms with Crippen molar-refractivity contribution in [2.75, 3.05) is 12.0 Å². The lowest BCUT2D eigenvalue weighted by Gasteiger charge is -2.26. The van der Waals surface area contributed by atoms with Crippen LogP contribution in [0.5, 0.6) is 0 Å². The molecular formula is C11H22N2O3S. The van der Waals surface area contributed by atoms with E-state index < -0.39 is 9.84 Å². The summed E-state index contributed by atoms with van der Waals surface area (Å²) in [4.78, 5) is 11.9. The second kappa shape index (κ2) is 5.82. The van der Waals surface area contributed by atoms with Crippen molar-refractivity contribution in [2.45, 2.75) is 44.7 Å². The topological polar surface area (TPSA) is 89.3 Å². The quantitative estimate of drug-likeness (QED) is 0.749. The van der Waals surface area contributed by atoms with Crippen LogP contribution >= 0.6 is 0 Å². The first-order chi connectivity index (χ1) is 7.78. The van der Waals surface area contributed by atoms with E-state index in [9.17, 15) is 13.2 Å². The molecule has 1 amide bonds. The van der Waals surface area contributed by atoms with Crippen LogP contribution in [-0.2, 0) is 14.6 Å². The maximum atomic E-state index is 11.9. The largest absolute Gasteiger partial charge is 0.352 e. The van der Waals surface area contributed by atoms with Gasteiger partial charge in [-0.25, -0.2) is 8.42 Å². The molecule has 0 aromatic carbocycles. The van der Waals surface area contributed by atoms with Gasteiger partial charge in [-0.2, -0.15) is 0 Å². The standard InChI is InChI=1S/C11H22N2O3S/c1-8(7-17(2,15)16)13-11(14)9-3-5-10(12)6-4-9/h8-10H,3-7,12H2,1-2H3,(H,13,14). The molecule has 0 heterocycles. The summed E-state index contributed by atoms with van der Waals surface area (Å²) in [6.45, 7) is 1.72. The van der Waals surface area contributed by atoms with Crippen molar-refractivity contribution < 1.29 is 13.2 Å². The molecule has 1 atom stereocenters. The Hall–Kier alpha value is -0.620. The third kappa shape index (κ3) is 5.50. The molecule has 6 heteroatoms. The van der Waals surface area contributed by atoms with E-state index in [1.165, 1.54) is 6.26 Å². The third-order valence-corrected chi connectivity index (χ3v) is 4.19. The summed E-state index contributed by atoms with van der Waals surface area (Å²) in [6.07, 6.45) is 4.53. The highest BCUT2D eigenvalue weighted by Gasteiger charge is 2.25. The maximum Gasteiger partial charge on any atom is 0.223 e. The van der Waals surface area contributed by atoms with Crippen molar-refractivity contribution in [3.8, 4) is 0 Å². The molecule has 1 aliphatic rings. The smallest absolute Gasteiger partial charge is 0.223 e. The van der Waals surface area contributed by atoms with Crippen LogP contribution < -0.4 is 11.1 Å². The highest BCUT2D eigenvalue weighted by Crippen LogP contribution is 2.23. The van der Waals surface area contributed by atoms with E-state index in [2.05, 4.69) is 5.32 Å². The van der Waals surface area contributed by atoms with Gasteiger partial charge in [0.1, 0.15) is 9.84 Å². The number of sulfone groups is 1.